The molecule has 0 saturated carbocycles. The van der Waals surface area contributed by atoms with Crippen LogP contribution >= 0.6 is 12.4 Å². The van der Waals surface area contributed by atoms with Crippen LogP contribution in [0.2, 0.25) is 0 Å². The standard InChI is InChI=1S/C15H15NO4.ClH/c17-14(10-1-2-13-9(5-10)3-4-19-13)16-6-11-8-20-15(18)12(11)7-16;/h1-2,5,11-12H,3-4,6-8H2;1H/t11-,12-;/m1./s1. The first kappa shape index (κ1) is 14.2. The van der Waals surface area contributed by atoms with Crippen LogP contribution in [-0.4, -0.2) is 43.1 Å². The predicted molar refractivity (Wildman–Crippen MR) is 76.7 cm³/mol. The van der Waals surface area contributed by atoms with Crippen LogP contribution in [0.1, 0.15) is 15.9 Å². The van der Waals surface area contributed by atoms with Crippen LogP contribution in [0.4, 0.5) is 0 Å². The lowest BCUT2D eigenvalue weighted by molar-refractivity contribution is -0.141. The molecule has 1 aromatic rings. The topological polar surface area (TPSA) is 55.8 Å². The van der Waals surface area contributed by atoms with Crippen LogP contribution in [0.15, 0.2) is 18.2 Å². The number of carbonyl (C=O) groups is 2. The van der Waals surface area contributed by atoms with E-state index in [1.54, 1.807) is 11.0 Å². The van der Waals surface area contributed by atoms with E-state index in [4.69, 9.17) is 9.47 Å². The van der Waals surface area contributed by atoms with Crippen molar-refractivity contribution < 1.29 is 19.1 Å². The Morgan fingerprint density at radius 3 is 2.90 bits per heavy atom. The third-order valence-electron chi connectivity index (χ3n) is 4.41. The van der Waals surface area contributed by atoms with Gasteiger partial charge in [0.15, 0.2) is 0 Å². The lowest BCUT2D eigenvalue weighted by atomic mass is 10.0. The fourth-order valence-corrected chi connectivity index (χ4v) is 3.27. The van der Waals surface area contributed by atoms with Crippen LogP contribution in [0.3, 0.4) is 0 Å². The molecule has 0 radical (unpaired) electrons. The number of fused-ring (bicyclic) bond motifs is 2. The van der Waals surface area contributed by atoms with Crippen molar-refractivity contribution in [3.63, 3.8) is 0 Å². The number of esters is 1. The number of benzene rings is 1. The normalized spacial score (nSPS) is 25.7. The van der Waals surface area contributed by atoms with Crippen molar-refractivity contribution in [2.75, 3.05) is 26.3 Å². The van der Waals surface area contributed by atoms with Gasteiger partial charge in [0.1, 0.15) is 5.75 Å². The summed E-state index contributed by atoms with van der Waals surface area (Å²) in [4.78, 5) is 25.8. The molecule has 0 aliphatic carbocycles. The smallest absolute Gasteiger partial charge is 0.311 e. The Hall–Kier alpha value is -1.75. The number of halogens is 1. The minimum Gasteiger partial charge on any atom is -0.493 e. The van der Waals surface area contributed by atoms with Gasteiger partial charge in [-0.3, -0.25) is 9.59 Å². The molecule has 0 spiro atoms. The minimum atomic E-state index is -0.160. The summed E-state index contributed by atoms with van der Waals surface area (Å²) >= 11 is 0. The van der Waals surface area contributed by atoms with Crippen LogP contribution < -0.4 is 4.74 Å². The van der Waals surface area contributed by atoms with E-state index in [0.717, 1.165) is 17.7 Å². The third-order valence-corrected chi connectivity index (χ3v) is 4.41. The first-order chi connectivity index (χ1) is 9.72. The lowest BCUT2D eigenvalue weighted by Gasteiger charge is -2.17. The number of ether oxygens (including phenoxy) is 2. The van der Waals surface area contributed by atoms with Crippen LogP contribution in [0, 0.1) is 11.8 Å². The molecule has 2 fully saturated rings. The SMILES string of the molecule is Cl.O=C1OC[C@H]2CN(C(=O)c3ccc4c(c3)CCO4)C[C@@H]12. The summed E-state index contributed by atoms with van der Waals surface area (Å²) in [5, 5.41) is 0. The highest BCUT2D eigenvalue weighted by Crippen LogP contribution is 2.32. The Labute approximate surface area is 128 Å². The van der Waals surface area contributed by atoms with Gasteiger partial charge in [0, 0.05) is 31.0 Å². The van der Waals surface area contributed by atoms with Crippen molar-refractivity contribution in [2.24, 2.45) is 11.8 Å². The molecule has 3 aliphatic heterocycles. The molecule has 21 heavy (non-hydrogen) atoms. The fourth-order valence-electron chi connectivity index (χ4n) is 3.27. The van der Waals surface area contributed by atoms with E-state index in [1.807, 2.05) is 12.1 Å². The third kappa shape index (κ3) is 2.25. The van der Waals surface area contributed by atoms with Gasteiger partial charge >= 0.3 is 5.97 Å². The summed E-state index contributed by atoms with van der Waals surface area (Å²) < 4.78 is 10.5. The molecule has 1 aromatic carbocycles. The zero-order valence-corrected chi connectivity index (χ0v) is 12.2. The van der Waals surface area contributed by atoms with Crippen molar-refractivity contribution >= 4 is 24.3 Å². The molecule has 112 valence electrons. The molecule has 3 heterocycles. The second-order valence-corrected chi connectivity index (χ2v) is 5.63. The van der Waals surface area contributed by atoms with Gasteiger partial charge in [-0.15, -0.1) is 12.4 Å². The second kappa shape index (κ2) is 5.22. The van der Waals surface area contributed by atoms with Crippen LogP contribution in [-0.2, 0) is 16.0 Å². The summed E-state index contributed by atoms with van der Waals surface area (Å²) in [5.41, 5.74) is 1.78. The monoisotopic (exact) mass is 309 g/mol. The minimum absolute atomic E-state index is 0. The first-order valence-corrected chi connectivity index (χ1v) is 6.94. The highest BCUT2D eigenvalue weighted by atomic mass is 35.5. The number of rotatable bonds is 1. The van der Waals surface area contributed by atoms with Gasteiger partial charge in [-0.05, 0) is 23.8 Å². The van der Waals surface area contributed by atoms with E-state index < -0.39 is 0 Å². The number of hydrogen-bond donors (Lipinski definition) is 0. The van der Waals surface area contributed by atoms with E-state index in [2.05, 4.69) is 0 Å². The Morgan fingerprint density at radius 1 is 1.24 bits per heavy atom. The summed E-state index contributed by atoms with van der Waals surface area (Å²) in [7, 11) is 0. The molecule has 3 aliphatic rings. The molecule has 2 saturated heterocycles. The fraction of sp³-hybridized carbons (Fsp3) is 0.467. The molecule has 0 unspecified atom stereocenters. The number of carbonyl (C=O) groups excluding carboxylic acids is 2. The van der Waals surface area contributed by atoms with Crippen LogP contribution in [0.5, 0.6) is 5.75 Å². The van der Waals surface area contributed by atoms with Gasteiger partial charge in [0.25, 0.3) is 5.91 Å². The van der Waals surface area contributed by atoms with Crippen molar-refractivity contribution in [3.05, 3.63) is 29.3 Å². The zero-order valence-electron chi connectivity index (χ0n) is 11.4. The Bertz CT molecular complexity index is 603. The Morgan fingerprint density at radius 2 is 2.10 bits per heavy atom. The predicted octanol–water partition coefficient (Wildman–Crippen LogP) is 1.29. The molecule has 1 amide bonds. The van der Waals surface area contributed by atoms with E-state index >= 15 is 0 Å². The average Bonchev–Trinajstić information content (AvgIpc) is 3.14. The molecular formula is C15H16ClNO4. The van der Waals surface area contributed by atoms with Crippen molar-refractivity contribution in [2.45, 2.75) is 6.42 Å². The number of likely N-dealkylation sites (tertiary alicyclic amines) is 1. The summed E-state index contributed by atoms with van der Waals surface area (Å²) in [6.45, 7) is 2.23. The highest BCUT2D eigenvalue weighted by Gasteiger charge is 2.45. The second-order valence-electron chi connectivity index (χ2n) is 5.63. The lowest BCUT2D eigenvalue weighted by Crippen LogP contribution is -2.30. The molecule has 2 atom stereocenters. The molecule has 0 bridgehead atoms. The highest BCUT2D eigenvalue weighted by molar-refractivity contribution is 5.95. The number of nitrogens with zero attached hydrogens (tertiary/aromatic N) is 1. The van der Waals surface area contributed by atoms with E-state index in [1.165, 1.54) is 0 Å². The summed E-state index contributed by atoms with van der Waals surface area (Å²) in [6, 6.07) is 5.58. The number of hydrogen-bond acceptors (Lipinski definition) is 4. The molecule has 0 N–H and O–H groups in total. The Balaban J connectivity index is 0.00000132. The van der Waals surface area contributed by atoms with Gasteiger partial charge < -0.3 is 14.4 Å². The molecular weight excluding hydrogens is 294 g/mol. The molecule has 6 heteroatoms. The molecule has 5 nitrogen and oxygen atoms in total. The van der Waals surface area contributed by atoms with Crippen molar-refractivity contribution in [1.82, 2.24) is 4.90 Å². The van der Waals surface area contributed by atoms with Crippen LogP contribution in [0.25, 0.3) is 0 Å². The van der Waals surface area contributed by atoms with E-state index in [-0.39, 0.29) is 36.1 Å². The van der Waals surface area contributed by atoms with Gasteiger partial charge in [0.2, 0.25) is 0 Å². The van der Waals surface area contributed by atoms with Gasteiger partial charge in [-0.1, -0.05) is 0 Å². The van der Waals surface area contributed by atoms with Gasteiger partial charge in [-0.2, -0.15) is 0 Å². The van der Waals surface area contributed by atoms with E-state index in [0.29, 0.717) is 31.9 Å². The maximum atomic E-state index is 12.5. The van der Waals surface area contributed by atoms with Crippen molar-refractivity contribution in [3.8, 4) is 5.75 Å². The number of amides is 1. The van der Waals surface area contributed by atoms with Crippen molar-refractivity contribution in [1.29, 1.82) is 0 Å². The average molecular weight is 310 g/mol. The largest absolute Gasteiger partial charge is 0.493 e. The summed E-state index contributed by atoms with van der Waals surface area (Å²) in [6.07, 6.45) is 0.855. The van der Waals surface area contributed by atoms with Gasteiger partial charge in [-0.25, -0.2) is 0 Å². The Kier molecular flexibility index (Phi) is 3.53. The first-order valence-electron chi connectivity index (χ1n) is 6.94. The maximum Gasteiger partial charge on any atom is 0.311 e. The molecule has 4 rings (SSSR count). The summed E-state index contributed by atoms with van der Waals surface area (Å²) in [5.74, 6) is 0.763. The van der Waals surface area contributed by atoms with E-state index in [9.17, 15) is 9.59 Å². The number of cyclic esters (lactones) is 1. The molecule has 0 aromatic heterocycles. The van der Waals surface area contributed by atoms with Gasteiger partial charge in [0.05, 0.1) is 19.1 Å². The quantitative estimate of drug-likeness (QED) is 0.734. The zero-order chi connectivity index (χ0) is 13.7. The maximum absolute atomic E-state index is 12.5.